The van der Waals surface area contributed by atoms with Gasteiger partial charge in [-0.25, -0.2) is 15.0 Å². The van der Waals surface area contributed by atoms with Crippen LogP contribution in [0.4, 0.5) is 13.2 Å². The SMILES string of the molecule is C[C@@H](c1ncnn1-c1ncccn1)n1nc(I)c2cc(C(F)(F)F)ccc21. The molecule has 1 atom stereocenters. The molecule has 3 heterocycles. The van der Waals surface area contributed by atoms with E-state index >= 15 is 0 Å². The van der Waals surface area contributed by atoms with Crippen LogP contribution in [0, 0.1) is 3.70 Å². The molecule has 0 amide bonds. The lowest BCUT2D eigenvalue weighted by Gasteiger charge is -2.14. The second kappa shape index (κ2) is 6.55. The predicted molar refractivity (Wildman–Crippen MR) is 98.2 cm³/mol. The first-order chi connectivity index (χ1) is 12.9. The Bertz CT molecular complexity index is 1100. The molecule has 4 rings (SSSR count). The van der Waals surface area contributed by atoms with Gasteiger partial charge in [0.2, 0.25) is 0 Å². The van der Waals surface area contributed by atoms with E-state index < -0.39 is 17.8 Å². The van der Waals surface area contributed by atoms with Gasteiger partial charge in [0.25, 0.3) is 5.95 Å². The van der Waals surface area contributed by atoms with Crippen molar-refractivity contribution in [2.75, 3.05) is 0 Å². The van der Waals surface area contributed by atoms with E-state index in [1.54, 1.807) is 23.1 Å². The third kappa shape index (κ3) is 3.15. The summed E-state index contributed by atoms with van der Waals surface area (Å²) in [6.07, 6.45) is 0.142. The van der Waals surface area contributed by atoms with Gasteiger partial charge in [-0.05, 0) is 53.8 Å². The van der Waals surface area contributed by atoms with Crippen LogP contribution in [0.3, 0.4) is 0 Å². The summed E-state index contributed by atoms with van der Waals surface area (Å²) in [6.45, 7) is 1.84. The zero-order valence-corrected chi connectivity index (χ0v) is 15.9. The van der Waals surface area contributed by atoms with Crippen LogP contribution in [-0.2, 0) is 6.18 Å². The Labute approximate surface area is 164 Å². The topological polar surface area (TPSA) is 74.3 Å². The van der Waals surface area contributed by atoms with Crippen molar-refractivity contribution in [3.8, 4) is 5.95 Å². The minimum absolute atomic E-state index is 0.349. The molecule has 3 aromatic heterocycles. The van der Waals surface area contributed by atoms with Crippen LogP contribution in [0.1, 0.15) is 24.4 Å². The highest BCUT2D eigenvalue weighted by atomic mass is 127. The van der Waals surface area contributed by atoms with E-state index in [1.807, 2.05) is 29.5 Å². The molecular weight excluding hydrogens is 474 g/mol. The van der Waals surface area contributed by atoms with Crippen LogP contribution < -0.4 is 0 Å². The molecule has 1 aromatic carbocycles. The Hall–Kier alpha value is -2.57. The van der Waals surface area contributed by atoms with E-state index in [9.17, 15) is 13.2 Å². The Morgan fingerprint density at radius 2 is 1.85 bits per heavy atom. The van der Waals surface area contributed by atoms with E-state index in [2.05, 4.69) is 25.1 Å². The maximum absolute atomic E-state index is 13.0. The van der Waals surface area contributed by atoms with E-state index in [0.717, 1.165) is 12.1 Å². The fourth-order valence-corrected chi connectivity index (χ4v) is 3.44. The number of rotatable bonds is 3. The zero-order valence-electron chi connectivity index (χ0n) is 13.8. The van der Waals surface area contributed by atoms with Gasteiger partial charge in [0.15, 0.2) is 5.82 Å². The van der Waals surface area contributed by atoms with Gasteiger partial charge in [0.05, 0.1) is 11.1 Å². The monoisotopic (exact) mass is 485 g/mol. The minimum atomic E-state index is -4.41. The molecule has 138 valence electrons. The molecule has 0 N–H and O–H groups in total. The number of nitrogens with zero attached hydrogens (tertiary/aromatic N) is 7. The molecule has 0 aliphatic carbocycles. The van der Waals surface area contributed by atoms with Crippen molar-refractivity contribution < 1.29 is 13.2 Å². The lowest BCUT2D eigenvalue weighted by atomic mass is 10.1. The fraction of sp³-hybridized carbons (Fsp3) is 0.188. The summed E-state index contributed by atoms with van der Waals surface area (Å²) in [4.78, 5) is 12.6. The first kappa shape index (κ1) is 17.8. The van der Waals surface area contributed by atoms with Gasteiger partial charge in [-0.15, -0.1) is 0 Å². The molecule has 0 aliphatic heterocycles. The van der Waals surface area contributed by atoms with Gasteiger partial charge in [0, 0.05) is 17.8 Å². The summed E-state index contributed by atoms with van der Waals surface area (Å²) in [5.74, 6) is 0.865. The lowest BCUT2D eigenvalue weighted by molar-refractivity contribution is -0.137. The molecule has 0 unspecified atom stereocenters. The highest BCUT2D eigenvalue weighted by Crippen LogP contribution is 2.34. The third-order valence-electron chi connectivity index (χ3n) is 4.04. The first-order valence-corrected chi connectivity index (χ1v) is 8.86. The fourth-order valence-electron chi connectivity index (χ4n) is 2.77. The van der Waals surface area contributed by atoms with Crippen molar-refractivity contribution in [2.24, 2.45) is 0 Å². The first-order valence-electron chi connectivity index (χ1n) is 7.78. The number of hydrogen-bond acceptors (Lipinski definition) is 5. The van der Waals surface area contributed by atoms with Crippen LogP contribution in [-0.4, -0.2) is 34.5 Å². The molecule has 27 heavy (non-hydrogen) atoms. The molecular formula is C16H11F3IN7. The molecule has 4 aromatic rings. The molecule has 0 saturated heterocycles. The summed E-state index contributed by atoms with van der Waals surface area (Å²) in [7, 11) is 0. The Morgan fingerprint density at radius 3 is 2.56 bits per heavy atom. The predicted octanol–water partition coefficient (Wildman–Crippen LogP) is 3.64. The average molecular weight is 485 g/mol. The molecule has 0 saturated carbocycles. The van der Waals surface area contributed by atoms with Crippen LogP contribution in [0.25, 0.3) is 16.9 Å². The van der Waals surface area contributed by atoms with Gasteiger partial charge in [-0.1, -0.05) is 0 Å². The number of halogens is 4. The van der Waals surface area contributed by atoms with Crippen LogP contribution in [0.15, 0.2) is 43.0 Å². The maximum Gasteiger partial charge on any atom is 0.416 e. The molecule has 0 fully saturated rings. The summed E-state index contributed by atoms with van der Waals surface area (Å²) in [5.41, 5.74) is -0.135. The van der Waals surface area contributed by atoms with Gasteiger partial charge in [-0.3, -0.25) is 4.68 Å². The zero-order chi connectivity index (χ0) is 19.2. The number of fused-ring (bicyclic) bond motifs is 1. The molecule has 11 heteroatoms. The standard InChI is InChI=1S/C16H11F3IN7/c1-9(14-23-8-24-27(14)15-21-5-2-6-22-15)26-12-4-3-10(16(17,18)19)7-11(12)13(20)25-26/h2-9H,1H3/t9-/m0/s1. The Balaban J connectivity index is 1.81. The largest absolute Gasteiger partial charge is 0.416 e. The van der Waals surface area contributed by atoms with E-state index in [1.165, 1.54) is 17.1 Å². The lowest BCUT2D eigenvalue weighted by Crippen LogP contribution is -2.16. The van der Waals surface area contributed by atoms with E-state index in [0.29, 0.717) is 26.4 Å². The molecule has 0 radical (unpaired) electrons. The molecule has 0 spiro atoms. The van der Waals surface area contributed by atoms with Crippen LogP contribution in [0.5, 0.6) is 0 Å². The van der Waals surface area contributed by atoms with Crippen LogP contribution in [0.2, 0.25) is 0 Å². The molecule has 0 bridgehead atoms. The second-order valence-electron chi connectivity index (χ2n) is 5.72. The highest BCUT2D eigenvalue weighted by Gasteiger charge is 2.31. The summed E-state index contributed by atoms with van der Waals surface area (Å²) in [5, 5.41) is 9.00. The van der Waals surface area contributed by atoms with Crippen molar-refractivity contribution in [1.29, 1.82) is 0 Å². The summed E-state index contributed by atoms with van der Waals surface area (Å²) >= 11 is 1.93. The van der Waals surface area contributed by atoms with Crippen molar-refractivity contribution in [1.82, 2.24) is 34.5 Å². The van der Waals surface area contributed by atoms with Crippen molar-refractivity contribution in [2.45, 2.75) is 19.1 Å². The van der Waals surface area contributed by atoms with E-state index in [4.69, 9.17) is 0 Å². The quantitative estimate of drug-likeness (QED) is 0.415. The summed E-state index contributed by atoms with van der Waals surface area (Å²) < 4.78 is 42.6. The number of benzene rings is 1. The van der Waals surface area contributed by atoms with Crippen molar-refractivity contribution >= 4 is 33.5 Å². The minimum Gasteiger partial charge on any atom is -0.253 e. The van der Waals surface area contributed by atoms with Gasteiger partial charge in [0.1, 0.15) is 16.1 Å². The third-order valence-corrected chi connectivity index (χ3v) is 4.84. The van der Waals surface area contributed by atoms with Crippen molar-refractivity contribution in [3.05, 3.63) is 58.1 Å². The molecule has 7 nitrogen and oxygen atoms in total. The molecule has 0 aliphatic rings. The van der Waals surface area contributed by atoms with Gasteiger partial charge >= 0.3 is 6.18 Å². The second-order valence-corrected chi connectivity index (χ2v) is 6.74. The van der Waals surface area contributed by atoms with E-state index in [-0.39, 0.29) is 0 Å². The normalized spacial score (nSPS) is 13.2. The van der Waals surface area contributed by atoms with Crippen LogP contribution >= 0.6 is 22.6 Å². The van der Waals surface area contributed by atoms with Gasteiger partial charge < -0.3 is 0 Å². The Morgan fingerprint density at radius 1 is 1.11 bits per heavy atom. The smallest absolute Gasteiger partial charge is 0.253 e. The van der Waals surface area contributed by atoms with Crippen molar-refractivity contribution in [3.63, 3.8) is 0 Å². The average Bonchev–Trinajstić information content (AvgIpc) is 3.26. The summed E-state index contributed by atoms with van der Waals surface area (Å²) in [6, 6.07) is 4.86. The number of alkyl halides is 3. The van der Waals surface area contributed by atoms with Gasteiger partial charge in [-0.2, -0.15) is 28.1 Å². The highest BCUT2D eigenvalue weighted by molar-refractivity contribution is 14.1. The Kier molecular flexibility index (Phi) is 4.32. The number of hydrogen-bond donors (Lipinski definition) is 0. The maximum atomic E-state index is 13.0. The number of aromatic nitrogens is 7.